The van der Waals surface area contributed by atoms with Crippen LogP contribution in [0.3, 0.4) is 0 Å². The van der Waals surface area contributed by atoms with E-state index in [0.717, 1.165) is 51.7 Å². The van der Waals surface area contributed by atoms with Gasteiger partial charge in [0.15, 0.2) is 0 Å². The van der Waals surface area contributed by atoms with Gasteiger partial charge in [-0.2, -0.15) is 0 Å². The molecule has 0 aromatic heterocycles. The van der Waals surface area contributed by atoms with Gasteiger partial charge < -0.3 is 9.80 Å². The zero-order valence-electron chi connectivity index (χ0n) is 56.3. The number of aryl methyl sites for hydroxylation is 4. The molecular formula is C97H74N2. The minimum Gasteiger partial charge on any atom is -0.310 e. The molecule has 4 aliphatic rings. The zero-order chi connectivity index (χ0) is 66.7. The Hall–Kier alpha value is -11.8. The van der Waals surface area contributed by atoms with Crippen molar-refractivity contribution in [2.75, 3.05) is 9.80 Å². The van der Waals surface area contributed by atoms with Crippen molar-refractivity contribution < 1.29 is 0 Å². The van der Waals surface area contributed by atoms with Gasteiger partial charge in [-0.15, -0.1) is 0 Å². The molecule has 14 aromatic rings. The van der Waals surface area contributed by atoms with Gasteiger partial charge in [-0.1, -0.05) is 279 Å². The Morgan fingerprint density at radius 3 is 1.31 bits per heavy atom. The molecule has 472 valence electrons. The van der Waals surface area contributed by atoms with Crippen LogP contribution in [-0.2, 0) is 17.3 Å². The first kappa shape index (κ1) is 59.6. The Labute approximate surface area is 582 Å². The van der Waals surface area contributed by atoms with Gasteiger partial charge >= 0.3 is 0 Å². The lowest BCUT2D eigenvalue weighted by Gasteiger charge is -2.36. The first-order chi connectivity index (χ1) is 48.6. The minimum absolute atomic E-state index is 0.0336. The molecular weight excluding hydrogens is 1190 g/mol. The van der Waals surface area contributed by atoms with Gasteiger partial charge in [0.25, 0.3) is 0 Å². The van der Waals surface area contributed by atoms with Crippen molar-refractivity contribution in [1.29, 1.82) is 0 Å². The second-order valence-corrected chi connectivity index (χ2v) is 27.8. The van der Waals surface area contributed by atoms with Gasteiger partial charge in [0, 0.05) is 46.0 Å². The number of anilines is 6. The van der Waals surface area contributed by atoms with Crippen LogP contribution in [0.1, 0.15) is 112 Å². The van der Waals surface area contributed by atoms with Crippen LogP contribution in [0.4, 0.5) is 34.1 Å². The predicted molar refractivity (Wildman–Crippen MR) is 415 cm³/mol. The molecule has 0 aliphatic heterocycles. The quantitative estimate of drug-likeness (QED) is 0.107. The molecule has 18 rings (SSSR count). The first-order valence-electron chi connectivity index (χ1n) is 34.9. The largest absolute Gasteiger partial charge is 0.310 e. The van der Waals surface area contributed by atoms with Crippen LogP contribution in [0.15, 0.2) is 329 Å². The zero-order valence-corrected chi connectivity index (χ0v) is 56.3. The Morgan fingerprint density at radius 1 is 0.323 bits per heavy atom. The lowest BCUT2D eigenvalue weighted by Crippen LogP contribution is -2.31. The Kier molecular flexibility index (Phi) is 14.1. The molecule has 1 spiro atoms. The first-order valence-corrected chi connectivity index (χ1v) is 34.9. The average molecular weight is 1270 g/mol. The highest BCUT2D eigenvalue weighted by atomic mass is 15.1. The molecule has 0 amide bonds. The fraction of sp³-hybridized carbons (Fsp3) is 0.0928. The van der Waals surface area contributed by atoms with Crippen molar-refractivity contribution in [2.45, 2.75) is 56.8 Å². The van der Waals surface area contributed by atoms with Gasteiger partial charge in [0.2, 0.25) is 0 Å². The maximum Gasteiger partial charge on any atom is 0.0727 e. The van der Waals surface area contributed by atoms with Gasteiger partial charge in [0.05, 0.1) is 10.8 Å². The van der Waals surface area contributed by atoms with Gasteiger partial charge in [0.1, 0.15) is 0 Å². The van der Waals surface area contributed by atoms with E-state index in [-0.39, 0.29) is 11.8 Å². The molecule has 0 N–H and O–H groups in total. The third-order valence-corrected chi connectivity index (χ3v) is 22.4. The summed E-state index contributed by atoms with van der Waals surface area (Å²) in [4.78, 5) is 5.03. The van der Waals surface area contributed by atoms with E-state index in [1.54, 1.807) is 0 Å². The maximum absolute atomic E-state index is 4.14. The highest BCUT2D eigenvalue weighted by Crippen LogP contribution is 2.65. The Bertz CT molecular complexity index is 5570. The second-order valence-electron chi connectivity index (χ2n) is 27.8. The van der Waals surface area contributed by atoms with Crippen LogP contribution in [0.2, 0.25) is 0 Å². The summed E-state index contributed by atoms with van der Waals surface area (Å²) in [6, 6.07) is 120. The summed E-state index contributed by atoms with van der Waals surface area (Å²) < 4.78 is 0. The number of hydrogen-bond acceptors (Lipinski definition) is 2. The summed E-state index contributed by atoms with van der Waals surface area (Å²) in [7, 11) is 0. The molecule has 2 heteroatoms. The van der Waals surface area contributed by atoms with E-state index in [1.807, 2.05) is 12.2 Å². The van der Waals surface area contributed by atoms with E-state index in [2.05, 4.69) is 366 Å². The van der Waals surface area contributed by atoms with Crippen molar-refractivity contribution in [2.24, 2.45) is 0 Å². The van der Waals surface area contributed by atoms with Crippen molar-refractivity contribution in [3.63, 3.8) is 0 Å². The smallest absolute Gasteiger partial charge is 0.0727 e. The van der Waals surface area contributed by atoms with Crippen LogP contribution in [0.5, 0.6) is 0 Å². The summed E-state index contributed by atoms with van der Waals surface area (Å²) >= 11 is 0. The summed E-state index contributed by atoms with van der Waals surface area (Å²) in [6.07, 6.45) is 4.67. The fourth-order valence-electron chi connectivity index (χ4n) is 18.0. The molecule has 4 atom stereocenters. The molecule has 0 fully saturated rings. The van der Waals surface area contributed by atoms with Crippen LogP contribution >= 0.6 is 0 Å². The number of para-hydroxylation sites is 2. The molecule has 99 heavy (non-hydrogen) atoms. The Morgan fingerprint density at radius 2 is 0.747 bits per heavy atom. The maximum atomic E-state index is 4.14. The van der Waals surface area contributed by atoms with Gasteiger partial charge in [-0.3, -0.25) is 0 Å². The van der Waals surface area contributed by atoms with Gasteiger partial charge in [-0.25, -0.2) is 0 Å². The lowest BCUT2D eigenvalue weighted by atomic mass is 9.67. The van der Waals surface area contributed by atoms with Crippen LogP contribution < -0.4 is 9.80 Å². The monoisotopic (exact) mass is 1270 g/mol. The SMILES string of the molecule is C=Cc1ccc(CC2(c3cc(C)ccc3C)c3ccccc3-c3ccc(N(c4ccccc4)c4ccc5c(c4)C4(c6ccccc6-c6ccc(N(c7ccccc7)c7ccc8c(c7)C(C(c7ccc(C=C)cc7)c7cc(C)ccc7C)c7ccccc7-8)cc64)c4ccccc4-5)cc32)cc1. The summed E-state index contributed by atoms with van der Waals surface area (Å²) in [5.74, 6) is 0.0731. The molecule has 14 aromatic carbocycles. The van der Waals surface area contributed by atoms with E-state index in [9.17, 15) is 0 Å². The molecule has 4 unspecified atom stereocenters. The molecule has 0 bridgehead atoms. The number of fused-ring (bicyclic) bond motifs is 16. The molecule has 2 nitrogen and oxygen atoms in total. The highest BCUT2D eigenvalue weighted by Gasteiger charge is 2.53. The van der Waals surface area contributed by atoms with E-state index in [0.29, 0.717) is 0 Å². The number of benzene rings is 14. The molecule has 0 saturated carbocycles. The molecule has 0 radical (unpaired) electrons. The second kappa shape index (κ2) is 23.5. The van der Waals surface area contributed by atoms with E-state index in [1.165, 1.54) is 134 Å². The summed E-state index contributed by atoms with van der Waals surface area (Å²) in [6.45, 7) is 17.3. The van der Waals surface area contributed by atoms with Crippen LogP contribution in [-0.4, -0.2) is 0 Å². The van der Waals surface area contributed by atoms with E-state index < -0.39 is 10.8 Å². The average Bonchev–Trinajstić information content (AvgIpc) is 1.54. The van der Waals surface area contributed by atoms with E-state index >= 15 is 0 Å². The number of nitrogens with zero attached hydrogens (tertiary/aromatic N) is 2. The van der Waals surface area contributed by atoms with Crippen LogP contribution in [0, 0.1) is 27.7 Å². The Balaban J connectivity index is 0.829. The number of rotatable bonds is 14. The van der Waals surface area contributed by atoms with Gasteiger partial charge in [-0.05, 0) is 240 Å². The highest BCUT2D eigenvalue weighted by molar-refractivity contribution is 5.98. The molecule has 4 aliphatic carbocycles. The fourth-order valence-corrected chi connectivity index (χ4v) is 18.0. The summed E-state index contributed by atoms with van der Waals surface area (Å²) in [5.41, 5.74) is 38.6. The number of hydrogen-bond donors (Lipinski definition) is 0. The van der Waals surface area contributed by atoms with E-state index in [4.69, 9.17) is 0 Å². The minimum atomic E-state index is -0.683. The third kappa shape index (κ3) is 9.23. The lowest BCUT2D eigenvalue weighted by molar-refractivity contribution is 0.624. The third-order valence-electron chi connectivity index (χ3n) is 22.4. The standard InChI is InChI=1S/C97H74N2/c1-7-66-39-41-68(42-40-66)61-96(90-56-63(4)36-38-65(90)6)87-32-20-17-28-78(87)81-52-48-73(58-91(81)96)99(71-25-13-10-14-26-71)75-50-54-83-80-30-19-22-34-89(80)97(93(83)60-75)88-33-21-18-29-79(88)82-53-49-74(59-92(82)97)98(70-23-11-9-12-24-70)72-47-51-77-76-27-15-16-31-84(76)95(86(77)57-72)94(69-45-43-67(8-2)44-46-69)85-55-62(3)35-37-64(85)5/h7-60,94-95H,1-2,61H2,3-6H3. The molecule has 0 heterocycles. The summed E-state index contributed by atoms with van der Waals surface area (Å²) in [5, 5.41) is 0. The predicted octanol–water partition coefficient (Wildman–Crippen LogP) is 25.0. The topological polar surface area (TPSA) is 6.48 Å². The van der Waals surface area contributed by atoms with Crippen LogP contribution in [0.25, 0.3) is 56.7 Å². The van der Waals surface area contributed by atoms with Crippen molar-refractivity contribution in [1.82, 2.24) is 0 Å². The van der Waals surface area contributed by atoms with Crippen molar-refractivity contribution in [3.8, 4) is 44.5 Å². The van der Waals surface area contributed by atoms with Crippen molar-refractivity contribution >= 4 is 46.3 Å². The normalized spacial score (nSPS) is 16.3. The van der Waals surface area contributed by atoms with Crippen molar-refractivity contribution in [3.05, 3.63) is 429 Å². The molecule has 0 saturated heterocycles.